The molecule has 3 aliphatic heterocycles. The van der Waals surface area contributed by atoms with E-state index in [1.54, 1.807) is 6.07 Å². The summed E-state index contributed by atoms with van der Waals surface area (Å²) in [5, 5.41) is -5.82. The molecule has 0 radical (unpaired) electrons. The summed E-state index contributed by atoms with van der Waals surface area (Å²) < 4.78 is 108. The molecular formula is C18H16F4IO8S-. The molecule has 0 aromatic heterocycles. The van der Waals surface area contributed by atoms with Crippen molar-refractivity contribution in [2.75, 3.05) is 6.61 Å². The highest BCUT2D eigenvalue weighted by Gasteiger charge is 2.63. The molecule has 2 fully saturated rings. The Morgan fingerprint density at radius 2 is 2.03 bits per heavy atom. The summed E-state index contributed by atoms with van der Waals surface area (Å²) in [7, 11) is -6.59. The van der Waals surface area contributed by atoms with Gasteiger partial charge < -0.3 is 23.5 Å². The van der Waals surface area contributed by atoms with Crippen LogP contribution in [0.3, 0.4) is 0 Å². The lowest BCUT2D eigenvalue weighted by Gasteiger charge is -2.40. The van der Waals surface area contributed by atoms with Gasteiger partial charge in [0.25, 0.3) is 0 Å². The van der Waals surface area contributed by atoms with Gasteiger partial charge in [-0.25, -0.2) is 8.42 Å². The van der Waals surface area contributed by atoms with Crippen molar-refractivity contribution in [3.05, 3.63) is 27.3 Å². The Morgan fingerprint density at radius 1 is 1.31 bits per heavy atom. The fourth-order valence-corrected chi connectivity index (χ4v) is 5.05. The van der Waals surface area contributed by atoms with E-state index in [4.69, 9.17) is 14.2 Å². The summed E-state index contributed by atoms with van der Waals surface area (Å²) in [6.45, 7) is -0.922. The van der Waals surface area contributed by atoms with Gasteiger partial charge >= 0.3 is 17.1 Å². The van der Waals surface area contributed by atoms with Crippen LogP contribution in [0.1, 0.15) is 24.8 Å². The summed E-state index contributed by atoms with van der Waals surface area (Å²) in [6, 6.07) is 5.58. The van der Waals surface area contributed by atoms with E-state index in [9.17, 15) is 35.3 Å². The van der Waals surface area contributed by atoms with Crippen LogP contribution in [0.2, 0.25) is 0 Å². The number of ether oxygens (including phenoxy) is 4. The Labute approximate surface area is 193 Å². The highest BCUT2D eigenvalue weighted by atomic mass is 127. The molecule has 0 saturated carbocycles. The maximum Gasteiger partial charge on any atom is 0.396 e. The molecule has 4 unspecified atom stereocenters. The van der Waals surface area contributed by atoms with E-state index in [1.807, 2.05) is 12.1 Å². The Morgan fingerprint density at radius 3 is 2.66 bits per heavy atom. The summed E-state index contributed by atoms with van der Waals surface area (Å²) in [5.74, 6) is -7.48. The zero-order valence-corrected chi connectivity index (χ0v) is 19.0. The van der Waals surface area contributed by atoms with Gasteiger partial charge in [-0.1, -0.05) is 0 Å². The van der Waals surface area contributed by atoms with Gasteiger partial charge in [0.1, 0.15) is 11.9 Å². The van der Waals surface area contributed by atoms with Crippen LogP contribution in [0.15, 0.2) is 18.2 Å². The lowest BCUT2D eigenvalue weighted by molar-refractivity contribution is -0.232. The van der Waals surface area contributed by atoms with Gasteiger partial charge in [-0.05, 0) is 47.2 Å². The number of carbonyl (C=O) groups excluding carboxylic acids is 1. The van der Waals surface area contributed by atoms with E-state index in [0.717, 1.165) is 9.13 Å². The second kappa shape index (κ2) is 7.92. The second-order valence-electron chi connectivity index (χ2n) is 7.76. The lowest BCUT2D eigenvalue weighted by atomic mass is 9.84. The van der Waals surface area contributed by atoms with E-state index < -0.39 is 64.2 Å². The molecule has 0 amide bonds. The zero-order valence-electron chi connectivity index (χ0n) is 16.1. The number of hydrogen-bond acceptors (Lipinski definition) is 8. The number of rotatable bonds is 6. The maximum absolute atomic E-state index is 13.5. The van der Waals surface area contributed by atoms with Crippen LogP contribution in [0.4, 0.5) is 17.6 Å². The van der Waals surface area contributed by atoms with Crippen LogP contribution < -0.4 is 4.74 Å². The van der Waals surface area contributed by atoms with Crippen molar-refractivity contribution in [1.82, 2.24) is 0 Å². The standard InChI is InChI=1S/C18H17F4IO8S/c19-17(20,18(21,22)32(25,26)27)3-4-28-15(24)11-6-14-16(7-13(11)30-14)29-8-9-5-10(23)1-2-12(9)31-16/h1-2,5,11,13-14H,3-4,6-8H2,(H,25,26,27)/p-1. The minimum Gasteiger partial charge on any atom is -0.743 e. The van der Waals surface area contributed by atoms with Crippen LogP contribution in [-0.4, -0.2) is 54.7 Å². The first-order chi connectivity index (χ1) is 14.8. The predicted molar refractivity (Wildman–Crippen MR) is 104 cm³/mol. The summed E-state index contributed by atoms with van der Waals surface area (Å²) in [4.78, 5) is 12.3. The number of halogens is 5. The summed E-state index contributed by atoms with van der Waals surface area (Å²) in [6.07, 6.45) is -2.88. The molecule has 0 aliphatic carbocycles. The third kappa shape index (κ3) is 3.97. The molecule has 2 saturated heterocycles. The highest BCUT2D eigenvalue weighted by Crippen LogP contribution is 2.51. The van der Waals surface area contributed by atoms with Gasteiger partial charge in [-0.15, -0.1) is 0 Å². The van der Waals surface area contributed by atoms with Gasteiger partial charge in [0.05, 0.1) is 31.7 Å². The molecule has 1 spiro atoms. The van der Waals surface area contributed by atoms with Crippen LogP contribution in [0.25, 0.3) is 0 Å². The Bertz CT molecular complexity index is 1040. The van der Waals surface area contributed by atoms with Crippen LogP contribution >= 0.6 is 22.6 Å². The van der Waals surface area contributed by atoms with E-state index >= 15 is 0 Å². The smallest absolute Gasteiger partial charge is 0.396 e. The number of alkyl halides is 4. The van der Waals surface area contributed by atoms with Crippen LogP contribution in [0.5, 0.6) is 5.75 Å². The molecule has 2 bridgehead atoms. The van der Waals surface area contributed by atoms with Crippen LogP contribution in [0, 0.1) is 9.49 Å². The van der Waals surface area contributed by atoms with Gasteiger partial charge in [0.2, 0.25) is 5.79 Å². The van der Waals surface area contributed by atoms with E-state index in [0.29, 0.717) is 5.75 Å². The average molecular weight is 595 g/mol. The Kier molecular flexibility index (Phi) is 5.92. The highest BCUT2D eigenvalue weighted by molar-refractivity contribution is 14.1. The molecule has 0 N–H and O–H groups in total. The number of hydrogen-bond donors (Lipinski definition) is 0. The van der Waals surface area contributed by atoms with E-state index in [1.165, 1.54) is 0 Å². The fourth-order valence-electron chi connectivity index (χ4n) is 4.03. The summed E-state index contributed by atoms with van der Waals surface area (Å²) >= 11 is 2.16. The average Bonchev–Trinajstić information content (AvgIpc) is 3.25. The maximum atomic E-state index is 13.5. The van der Waals surface area contributed by atoms with Crippen LogP contribution in [-0.2, 0) is 35.7 Å². The molecule has 178 valence electrons. The van der Waals surface area contributed by atoms with Gasteiger partial charge in [0.15, 0.2) is 10.1 Å². The Hall–Kier alpha value is -1.23. The van der Waals surface area contributed by atoms with Crippen molar-refractivity contribution in [3.63, 3.8) is 0 Å². The summed E-state index contributed by atoms with van der Waals surface area (Å²) in [5.41, 5.74) is 0.860. The lowest BCUT2D eigenvalue weighted by Crippen LogP contribution is -2.52. The molecule has 8 nitrogen and oxygen atoms in total. The molecule has 32 heavy (non-hydrogen) atoms. The molecule has 1 aromatic rings. The predicted octanol–water partition coefficient (Wildman–Crippen LogP) is 2.78. The SMILES string of the molecule is O=C(OCCC(F)(F)C(F)(F)S(=O)(=O)[O-])C1CC2OC1CC21OCc2cc(I)ccc2O1. The quantitative estimate of drug-likeness (QED) is 0.214. The zero-order chi connectivity index (χ0) is 23.5. The molecule has 4 atom stereocenters. The third-order valence-corrected chi connectivity index (χ3v) is 7.31. The van der Waals surface area contributed by atoms with Gasteiger partial charge in [0, 0.05) is 15.6 Å². The Balaban J connectivity index is 1.33. The normalized spacial score (nSPS) is 29.6. The topological polar surface area (TPSA) is 111 Å². The monoisotopic (exact) mass is 595 g/mol. The van der Waals surface area contributed by atoms with Crippen molar-refractivity contribution in [1.29, 1.82) is 0 Å². The first kappa shape index (κ1) is 23.9. The van der Waals surface area contributed by atoms with E-state index in [-0.39, 0.29) is 19.4 Å². The van der Waals surface area contributed by atoms with Crippen molar-refractivity contribution in [2.24, 2.45) is 5.92 Å². The molecule has 3 aliphatic rings. The molecule has 14 heteroatoms. The minimum atomic E-state index is -6.59. The fraction of sp³-hybridized carbons (Fsp3) is 0.611. The third-order valence-electron chi connectivity index (χ3n) is 5.71. The van der Waals surface area contributed by atoms with Gasteiger partial charge in [-0.2, -0.15) is 17.6 Å². The second-order valence-corrected chi connectivity index (χ2v) is 10.4. The van der Waals surface area contributed by atoms with E-state index in [2.05, 4.69) is 27.3 Å². The largest absolute Gasteiger partial charge is 0.743 e. The number of esters is 1. The minimum absolute atomic E-state index is 0.102. The first-order valence-electron chi connectivity index (χ1n) is 9.40. The number of fused-ring (bicyclic) bond motifs is 4. The first-order valence-corrected chi connectivity index (χ1v) is 11.9. The van der Waals surface area contributed by atoms with Crippen molar-refractivity contribution in [3.8, 4) is 5.75 Å². The molecule has 3 heterocycles. The van der Waals surface area contributed by atoms with Gasteiger partial charge in [-0.3, -0.25) is 4.79 Å². The molecular weight excluding hydrogens is 579 g/mol. The van der Waals surface area contributed by atoms with Crippen molar-refractivity contribution >= 4 is 38.7 Å². The molecule has 1 aromatic carbocycles. The number of carbonyl (C=O) groups is 1. The molecule has 4 rings (SSSR count). The van der Waals surface area contributed by atoms with Crippen molar-refractivity contribution < 1.29 is 54.3 Å². The van der Waals surface area contributed by atoms with Crippen molar-refractivity contribution in [2.45, 2.75) is 55.0 Å². The number of benzene rings is 1.